The lowest BCUT2D eigenvalue weighted by Crippen LogP contribution is -2.63. The number of hydrogen-bond acceptors (Lipinski definition) is 6. The van der Waals surface area contributed by atoms with Gasteiger partial charge >= 0.3 is 0 Å². The second-order valence-corrected chi connectivity index (χ2v) is 17.1. The molecule has 0 radical (unpaired) electrons. The number of nitrogens with one attached hydrogen (secondary N) is 5. The highest BCUT2D eigenvalue weighted by Gasteiger charge is 2.51. The molecule has 4 fully saturated rings. The van der Waals surface area contributed by atoms with Gasteiger partial charge in [-0.2, -0.15) is 0 Å². The summed E-state index contributed by atoms with van der Waals surface area (Å²) in [5, 5.41) is 12.1. The topological polar surface area (TPSA) is 170 Å². The van der Waals surface area contributed by atoms with Gasteiger partial charge in [-0.05, 0) is 92.9 Å². The number of halogens is 1. The Hall–Kier alpha value is -4.29. The van der Waals surface area contributed by atoms with E-state index >= 15 is 0 Å². The number of amides is 5. The molecule has 6 atom stereocenters. The van der Waals surface area contributed by atoms with E-state index in [0.29, 0.717) is 30.2 Å². The van der Waals surface area contributed by atoms with Crippen LogP contribution in [0.25, 0.3) is 10.9 Å². The number of nitrogens with zero attached hydrogens (tertiary/aromatic N) is 1. The van der Waals surface area contributed by atoms with Crippen LogP contribution >= 0.6 is 0 Å². The highest BCUT2D eigenvalue weighted by Crippen LogP contribution is 2.41. The van der Waals surface area contributed by atoms with Gasteiger partial charge in [0.25, 0.3) is 11.8 Å². The van der Waals surface area contributed by atoms with E-state index in [1.54, 1.807) is 17.0 Å². The molecule has 1 aliphatic heterocycles. The summed E-state index contributed by atoms with van der Waals surface area (Å²) in [7, 11) is 0. The second-order valence-electron chi connectivity index (χ2n) is 17.1. The molecule has 5 amide bonds. The molecule has 5 N–H and O–H groups in total. The molecule has 54 heavy (non-hydrogen) atoms. The van der Waals surface area contributed by atoms with E-state index < -0.39 is 64.8 Å². The zero-order valence-corrected chi connectivity index (χ0v) is 32.1. The summed E-state index contributed by atoms with van der Waals surface area (Å²) < 4.78 is 13.9. The van der Waals surface area contributed by atoms with E-state index in [9.17, 15) is 33.2 Å². The molecule has 2 aromatic rings. The smallest absolute Gasteiger partial charge is 0.289 e. The molecule has 2 heterocycles. The molecule has 12 nitrogen and oxygen atoms in total. The van der Waals surface area contributed by atoms with Gasteiger partial charge in [-0.3, -0.25) is 28.8 Å². The first-order valence-electron chi connectivity index (χ1n) is 20.1. The normalized spacial score (nSPS) is 23.5. The highest BCUT2D eigenvalue weighted by atomic mass is 19.1. The average molecular weight is 749 g/mol. The van der Waals surface area contributed by atoms with Crippen LogP contribution in [0.5, 0.6) is 0 Å². The number of carbonyl (C=O) groups is 6. The maximum absolute atomic E-state index is 14.9. The van der Waals surface area contributed by atoms with Gasteiger partial charge in [0.2, 0.25) is 23.5 Å². The van der Waals surface area contributed by atoms with E-state index in [2.05, 4.69) is 26.3 Å². The second kappa shape index (κ2) is 16.6. The number of ketones is 1. The first-order chi connectivity index (χ1) is 25.7. The number of aromatic amines is 1. The van der Waals surface area contributed by atoms with Crippen molar-refractivity contribution in [3.63, 3.8) is 0 Å². The fraction of sp³-hybridized carbons (Fsp3) is 0.659. The molecule has 4 aliphatic rings. The number of hydrogen-bond donors (Lipinski definition) is 5. The Kier molecular flexibility index (Phi) is 12.1. The average Bonchev–Trinajstić information content (AvgIpc) is 3.71. The number of H-pyrrole nitrogens is 1. The van der Waals surface area contributed by atoms with Gasteiger partial charge in [-0.1, -0.05) is 66.2 Å². The molecule has 3 aliphatic carbocycles. The van der Waals surface area contributed by atoms with Crippen molar-refractivity contribution in [1.29, 1.82) is 0 Å². The quantitative estimate of drug-likeness (QED) is 0.184. The summed E-state index contributed by atoms with van der Waals surface area (Å²) >= 11 is 0. The third-order valence-electron chi connectivity index (χ3n) is 11.9. The van der Waals surface area contributed by atoms with Crippen molar-refractivity contribution in [3.05, 3.63) is 35.8 Å². The molecule has 1 saturated heterocycles. The SMILES string of the molecule is CCC[C@H](NC(=O)[C@H]1CC2CCCCC2N1C(=O)[C@@H](NC(=O)[C@@H](NC(=O)c1cc2cc(F)ccc2[nH]1)C1CCCCC1)C(C)(C)C)C(=O)C(=O)NC1CC1. The van der Waals surface area contributed by atoms with Gasteiger partial charge in [0.15, 0.2) is 0 Å². The van der Waals surface area contributed by atoms with Gasteiger partial charge in [0.05, 0.1) is 6.04 Å². The minimum Gasteiger partial charge on any atom is -0.351 e. The van der Waals surface area contributed by atoms with E-state index in [0.717, 1.165) is 70.6 Å². The monoisotopic (exact) mass is 748 g/mol. The molecule has 0 spiro atoms. The summed E-state index contributed by atoms with van der Waals surface area (Å²) in [5.41, 5.74) is 0.0207. The molecule has 3 saturated carbocycles. The minimum atomic E-state index is -1.03. The first kappa shape index (κ1) is 39.4. The van der Waals surface area contributed by atoms with Crippen LogP contribution in [0.4, 0.5) is 4.39 Å². The van der Waals surface area contributed by atoms with Crippen molar-refractivity contribution in [2.75, 3.05) is 0 Å². The van der Waals surface area contributed by atoms with Gasteiger partial charge in [0, 0.05) is 23.0 Å². The summed E-state index contributed by atoms with van der Waals surface area (Å²) in [6, 6.07) is 1.73. The molecule has 13 heteroatoms. The van der Waals surface area contributed by atoms with Crippen molar-refractivity contribution in [1.82, 2.24) is 31.2 Å². The number of benzene rings is 1. The number of likely N-dealkylation sites (tertiary alicyclic amines) is 1. The highest BCUT2D eigenvalue weighted by molar-refractivity contribution is 6.38. The van der Waals surface area contributed by atoms with Gasteiger partial charge in [0.1, 0.15) is 29.6 Å². The third kappa shape index (κ3) is 8.97. The lowest BCUT2D eigenvalue weighted by Gasteiger charge is -2.40. The maximum atomic E-state index is 14.9. The van der Waals surface area contributed by atoms with Crippen molar-refractivity contribution in [3.8, 4) is 0 Å². The molecular formula is C41H57FN6O6. The zero-order valence-electron chi connectivity index (χ0n) is 32.1. The standard InChI is InChI=1S/C41H57FN6O6/c1-5-11-29(34(49)39(53)43-27-17-18-27)45-37(51)32-22-24-14-9-10-15-31(24)48(32)40(54)35(41(2,3)4)47-38(52)33(23-12-7-6-8-13-23)46-36(50)30-21-25-20-26(42)16-19-28(25)44-30/h16,19-21,23-24,27,29,31-33,35,44H,5-15,17-18,22H2,1-4H3,(H,43,53)(H,45,51)(H,46,50)(H,47,52)/t24?,29-,31?,32+,33-,35+/m0/s1. The molecule has 294 valence electrons. The number of aromatic nitrogens is 1. The van der Waals surface area contributed by atoms with Crippen LogP contribution < -0.4 is 21.3 Å². The Balaban J connectivity index is 1.23. The van der Waals surface area contributed by atoms with Crippen LogP contribution in [-0.2, 0) is 24.0 Å². The molecule has 2 unspecified atom stereocenters. The van der Waals surface area contributed by atoms with Crippen LogP contribution in [0.1, 0.15) is 128 Å². The molecule has 6 rings (SSSR count). The zero-order chi connectivity index (χ0) is 38.7. The summed E-state index contributed by atoms with van der Waals surface area (Å²) in [5.74, 6) is -3.67. The van der Waals surface area contributed by atoms with Crippen LogP contribution in [0.3, 0.4) is 0 Å². The number of carbonyl (C=O) groups excluding carboxylic acids is 6. The molecule has 0 bridgehead atoms. The fourth-order valence-electron chi connectivity index (χ4n) is 8.82. The molecular weight excluding hydrogens is 691 g/mol. The van der Waals surface area contributed by atoms with E-state index in [1.807, 2.05) is 27.7 Å². The number of rotatable bonds is 13. The van der Waals surface area contributed by atoms with Crippen molar-refractivity contribution >= 4 is 46.2 Å². The van der Waals surface area contributed by atoms with Crippen molar-refractivity contribution in [2.45, 2.75) is 154 Å². The largest absolute Gasteiger partial charge is 0.351 e. The Morgan fingerprint density at radius 3 is 2.28 bits per heavy atom. The van der Waals surface area contributed by atoms with Gasteiger partial charge in [-0.15, -0.1) is 0 Å². The van der Waals surface area contributed by atoms with Crippen LogP contribution in [0, 0.1) is 23.1 Å². The molecule has 1 aromatic carbocycles. The van der Waals surface area contributed by atoms with Gasteiger partial charge < -0.3 is 31.2 Å². The van der Waals surface area contributed by atoms with Crippen LogP contribution in [0.15, 0.2) is 24.3 Å². The van der Waals surface area contributed by atoms with Gasteiger partial charge in [-0.25, -0.2) is 4.39 Å². The predicted molar refractivity (Wildman–Crippen MR) is 201 cm³/mol. The predicted octanol–water partition coefficient (Wildman–Crippen LogP) is 4.81. The van der Waals surface area contributed by atoms with Crippen molar-refractivity contribution < 1.29 is 33.2 Å². The molecule has 1 aromatic heterocycles. The van der Waals surface area contributed by atoms with Crippen LogP contribution in [0.2, 0.25) is 0 Å². The van der Waals surface area contributed by atoms with Crippen molar-refractivity contribution in [2.24, 2.45) is 17.3 Å². The lowest BCUT2D eigenvalue weighted by molar-refractivity contribution is -0.147. The Bertz CT molecular complexity index is 1740. The summed E-state index contributed by atoms with van der Waals surface area (Å²) in [6.07, 6.45) is 10.8. The Morgan fingerprint density at radius 2 is 1.59 bits per heavy atom. The Labute approximate surface area is 316 Å². The lowest BCUT2D eigenvalue weighted by atomic mass is 9.81. The number of Topliss-reactive ketones (excluding diaryl/α,β-unsaturated/α-hetero) is 1. The third-order valence-corrected chi connectivity index (χ3v) is 11.9. The van der Waals surface area contributed by atoms with E-state index in [1.165, 1.54) is 12.1 Å². The minimum absolute atomic E-state index is 0.000567. The van der Waals surface area contributed by atoms with E-state index in [4.69, 9.17) is 0 Å². The fourth-order valence-corrected chi connectivity index (χ4v) is 8.82. The van der Waals surface area contributed by atoms with E-state index in [-0.39, 0.29) is 35.5 Å². The summed E-state index contributed by atoms with van der Waals surface area (Å²) in [4.78, 5) is 87.7. The number of fused-ring (bicyclic) bond motifs is 2. The van der Waals surface area contributed by atoms with Crippen LogP contribution in [-0.4, -0.2) is 81.5 Å². The Morgan fingerprint density at radius 1 is 0.889 bits per heavy atom. The first-order valence-corrected chi connectivity index (χ1v) is 20.1. The summed E-state index contributed by atoms with van der Waals surface area (Å²) in [6.45, 7) is 7.48. The maximum Gasteiger partial charge on any atom is 0.289 e.